The van der Waals surface area contributed by atoms with Gasteiger partial charge in [-0.2, -0.15) is 0 Å². The van der Waals surface area contributed by atoms with Crippen LogP contribution in [0.25, 0.3) is 0 Å². The van der Waals surface area contributed by atoms with Crippen molar-refractivity contribution in [3.05, 3.63) is 63.9 Å². The Kier molecular flexibility index (Phi) is 7.29. The van der Waals surface area contributed by atoms with Crippen LogP contribution >= 0.6 is 23.2 Å². The highest BCUT2D eigenvalue weighted by Gasteiger charge is 2.57. The minimum atomic E-state index is -0.601. The lowest BCUT2D eigenvalue weighted by atomic mass is 9.77. The third-order valence-corrected chi connectivity index (χ3v) is 6.73. The normalized spacial score (nSPS) is 22.9. The number of hydrogen-bond acceptors (Lipinski definition) is 4. The number of rotatable bonds is 9. The van der Waals surface area contributed by atoms with Gasteiger partial charge in [-0.3, -0.25) is 4.79 Å². The molecule has 0 aromatic heterocycles. The van der Waals surface area contributed by atoms with E-state index in [1.165, 1.54) is 12.1 Å². The molecule has 6 nitrogen and oxygen atoms in total. The number of amides is 2. The molecule has 0 radical (unpaired) electrons. The van der Waals surface area contributed by atoms with Gasteiger partial charge in [0.25, 0.3) is 5.91 Å². The minimum absolute atomic E-state index is 0.00466. The molecule has 0 aliphatic heterocycles. The summed E-state index contributed by atoms with van der Waals surface area (Å²) in [5, 5.41) is 6.62. The first-order valence-electron chi connectivity index (χ1n) is 10.9. The first-order valence-corrected chi connectivity index (χ1v) is 11.6. The van der Waals surface area contributed by atoms with Gasteiger partial charge in [0.2, 0.25) is 0 Å². The summed E-state index contributed by atoms with van der Waals surface area (Å²) in [7, 11) is 0. The maximum Gasteiger partial charge on any atom is 0.407 e. The van der Waals surface area contributed by atoms with Crippen molar-refractivity contribution >= 4 is 35.2 Å². The van der Waals surface area contributed by atoms with Gasteiger partial charge in [-0.1, -0.05) is 35.3 Å². The van der Waals surface area contributed by atoms with E-state index >= 15 is 0 Å². The fourth-order valence-corrected chi connectivity index (χ4v) is 4.99. The zero-order chi connectivity index (χ0) is 23.4. The molecular weight excluding hydrogens is 470 g/mol. The summed E-state index contributed by atoms with van der Waals surface area (Å²) in [5.74, 6) is -0.346. The van der Waals surface area contributed by atoms with Gasteiger partial charge >= 0.3 is 6.09 Å². The summed E-state index contributed by atoms with van der Waals surface area (Å²) in [5.41, 5.74) is 0.777. The second-order valence-electron chi connectivity index (χ2n) is 8.69. The fourth-order valence-electron chi connectivity index (χ4n) is 4.65. The third-order valence-electron chi connectivity index (χ3n) is 6.19. The number of carbonyl (C=O) groups is 2. The zero-order valence-corrected chi connectivity index (χ0v) is 19.4. The van der Waals surface area contributed by atoms with E-state index in [1.54, 1.807) is 0 Å². The number of aryl methyl sites for hydroxylation is 1. The van der Waals surface area contributed by atoms with Crippen molar-refractivity contribution < 1.29 is 23.5 Å². The Morgan fingerprint density at radius 3 is 2.70 bits per heavy atom. The Hall–Kier alpha value is -2.51. The molecule has 3 fully saturated rings. The molecule has 3 aliphatic carbocycles. The van der Waals surface area contributed by atoms with E-state index in [1.807, 2.05) is 24.3 Å². The molecule has 2 amide bonds. The number of nitrogens with one attached hydrogen (secondary N) is 2. The van der Waals surface area contributed by atoms with Crippen LogP contribution < -0.4 is 15.4 Å². The Morgan fingerprint density at radius 2 is 1.94 bits per heavy atom. The average molecular weight is 495 g/mol. The van der Waals surface area contributed by atoms with Crippen LogP contribution in [0.4, 0.5) is 9.18 Å². The number of ether oxygens (including phenoxy) is 2. The third kappa shape index (κ3) is 6.09. The molecule has 2 bridgehead atoms. The van der Waals surface area contributed by atoms with Gasteiger partial charge in [0.15, 0.2) is 6.61 Å². The predicted molar refractivity (Wildman–Crippen MR) is 123 cm³/mol. The van der Waals surface area contributed by atoms with Gasteiger partial charge in [-0.15, -0.1) is 0 Å². The molecule has 0 saturated heterocycles. The highest BCUT2D eigenvalue weighted by atomic mass is 35.5. The summed E-state index contributed by atoms with van der Waals surface area (Å²) in [6.45, 7) is 0.0973. The predicted octanol–water partition coefficient (Wildman–Crippen LogP) is 4.91. The highest BCUT2D eigenvalue weighted by molar-refractivity contribution is 6.31. The molecule has 1 atom stereocenters. The van der Waals surface area contributed by atoms with Gasteiger partial charge in [0.05, 0.1) is 11.6 Å². The summed E-state index contributed by atoms with van der Waals surface area (Å²) in [4.78, 5) is 24.5. The largest absolute Gasteiger partial charge is 0.484 e. The van der Waals surface area contributed by atoms with Crippen molar-refractivity contribution in [1.29, 1.82) is 0 Å². The lowest BCUT2D eigenvalue weighted by molar-refractivity contribution is -0.124. The van der Waals surface area contributed by atoms with Gasteiger partial charge in [-0.25, -0.2) is 9.18 Å². The van der Waals surface area contributed by atoms with E-state index in [0.29, 0.717) is 30.4 Å². The summed E-state index contributed by atoms with van der Waals surface area (Å²) < 4.78 is 24.1. The van der Waals surface area contributed by atoms with Gasteiger partial charge in [0, 0.05) is 22.7 Å². The SMILES string of the molecule is O=C(COc1ccc(Cl)c(F)c1)N[C@H]1CC2(NC(=O)OCCCc3cccc(Cl)c3)CC1C2. The van der Waals surface area contributed by atoms with Crippen molar-refractivity contribution in [3.63, 3.8) is 0 Å². The molecule has 33 heavy (non-hydrogen) atoms. The highest BCUT2D eigenvalue weighted by Crippen LogP contribution is 2.52. The van der Waals surface area contributed by atoms with E-state index < -0.39 is 11.9 Å². The molecule has 0 unspecified atom stereocenters. The van der Waals surface area contributed by atoms with Crippen LogP contribution in [0, 0.1) is 11.7 Å². The van der Waals surface area contributed by atoms with Gasteiger partial charge < -0.3 is 20.1 Å². The average Bonchev–Trinajstić information content (AvgIpc) is 3.25. The van der Waals surface area contributed by atoms with Crippen LogP contribution in [0.15, 0.2) is 42.5 Å². The second kappa shape index (κ2) is 10.2. The summed E-state index contributed by atoms with van der Waals surface area (Å²) >= 11 is 11.6. The van der Waals surface area contributed by atoms with E-state index in [4.69, 9.17) is 32.7 Å². The zero-order valence-electron chi connectivity index (χ0n) is 17.9. The number of carbonyl (C=O) groups excluding carboxylic acids is 2. The van der Waals surface area contributed by atoms with Crippen molar-refractivity contribution in [2.75, 3.05) is 13.2 Å². The summed E-state index contributed by atoms with van der Waals surface area (Å²) in [6.07, 6.45) is 3.31. The molecule has 3 aliphatic rings. The van der Waals surface area contributed by atoms with Crippen molar-refractivity contribution in [2.24, 2.45) is 5.92 Å². The first-order chi connectivity index (χ1) is 15.8. The van der Waals surface area contributed by atoms with Crippen molar-refractivity contribution in [3.8, 4) is 5.75 Å². The van der Waals surface area contributed by atoms with Gasteiger partial charge in [-0.05, 0) is 67.9 Å². The van der Waals surface area contributed by atoms with Crippen LogP contribution in [-0.2, 0) is 16.0 Å². The molecule has 2 aromatic carbocycles. The lowest BCUT2D eigenvalue weighted by Gasteiger charge is -2.38. The number of alkyl carbamates (subject to hydrolysis) is 1. The fraction of sp³-hybridized carbons (Fsp3) is 0.417. The van der Waals surface area contributed by atoms with Crippen molar-refractivity contribution in [2.45, 2.75) is 43.7 Å². The Labute approximate surface area is 201 Å². The lowest BCUT2D eigenvalue weighted by Crippen LogP contribution is -2.52. The number of halogens is 3. The molecule has 9 heteroatoms. The van der Waals surface area contributed by atoms with E-state index in [9.17, 15) is 14.0 Å². The van der Waals surface area contributed by atoms with Crippen LogP contribution in [-0.4, -0.2) is 36.8 Å². The summed E-state index contributed by atoms with van der Waals surface area (Å²) in [6, 6.07) is 11.6. The monoisotopic (exact) mass is 494 g/mol. The van der Waals surface area contributed by atoms with Crippen LogP contribution in [0.2, 0.25) is 10.0 Å². The topological polar surface area (TPSA) is 76.7 Å². The number of fused-ring (bicyclic) bond motifs is 1. The molecule has 176 valence electrons. The van der Waals surface area contributed by atoms with Crippen LogP contribution in [0.3, 0.4) is 0 Å². The standard InChI is InChI=1S/C24H25Cl2FN2O4/c25-17-5-1-3-15(9-17)4-2-8-32-23(31)29-24-11-16(12-24)21(13-24)28-22(30)14-33-18-6-7-19(26)20(27)10-18/h1,3,5-7,9-10,16,21H,2,4,8,11-14H2,(H,28,30)(H,29,31)/t16?,21-,24?/m0/s1. The smallest absolute Gasteiger partial charge is 0.407 e. The number of benzene rings is 2. The van der Waals surface area contributed by atoms with E-state index in [0.717, 1.165) is 30.9 Å². The molecule has 2 N–H and O–H groups in total. The maximum absolute atomic E-state index is 13.5. The Morgan fingerprint density at radius 1 is 1.12 bits per heavy atom. The van der Waals surface area contributed by atoms with E-state index in [2.05, 4.69) is 10.6 Å². The molecule has 2 aromatic rings. The molecule has 0 heterocycles. The van der Waals surface area contributed by atoms with Gasteiger partial charge in [0.1, 0.15) is 11.6 Å². The molecule has 0 spiro atoms. The van der Waals surface area contributed by atoms with E-state index in [-0.39, 0.29) is 34.9 Å². The minimum Gasteiger partial charge on any atom is -0.484 e. The first kappa shape index (κ1) is 23.6. The van der Waals surface area contributed by atoms with Crippen LogP contribution in [0.5, 0.6) is 5.75 Å². The van der Waals surface area contributed by atoms with Crippen molar-refractivity contribution in [1.82, 2.24) is 10.6 Å². The molecular formula is C24H25Cl2FN2O4. The Bertz CT molecular complexity index is 1030. The number of hydrogen-bond donors (Lipinski definition) is 2. The Balaban J connectivity index is 1.14. The maximum atomic E-state index is 13.5. The van der Waals surface area contributed by atoms with Crippen LogP contribution in [0.1, 0.15) is 31.2 Å². The molecule has 3 saturated carbocycles. The second-order valence-corrected chi connectivity index (χ2v) is 9.53. The molecule has 5 rings (SSSR count). The quantitative estimate of drug-likeness (QED) is 0.485.